The van der Waals surface area contributed by atoms with Crippen LogP contribution in [0.4, 0.5) is 5.69 Å². The lowest BCUT2D eigenvalue weighted by Gasteiger charge is -2.06. The summed E-state index contributed by atoms with van der Waals surface area (Å²) in [5.41, 5.74) is 0.679. The van der Waals surface area contributed by atoms with Crippen LogP contribution in [0.3, 0.4) is 0 Å². The molecular formula is C17H15NO3S2. The molecule has 0 saturated carbocycles. The molecule has 0 bridgehead atoms. The predicted octanol–water partition coefficient (Wildman–Crippen LogP) is 3.70. The third kappa shape index (κ3) is 3.78. The molecule has 23 heavy (non-hydrogen) atoms. The lowest BCUT2D eigenvalue weighted by molar-refractivity contribution is -0.115. The number of rotatable bonds is 5. The minimum Gasteiger partial charge on any atom is -0.326 e. The summed E-state index contributed by atoms with van der Waals surface area (Å²) in [4.78, 5) is 12.2. The molecule has 0 saturated heterocycles. The van der Waals surface area contributed by atoms with Crippen LogP contribution < -0.4 is 5.32 Å². The molecule has 3 aromatic rings. The summed E-state index contributed by atoms with van der Waals surface area (Å²) in [7, 11) is -3.43. The van der Waals surface area contributed by atoms with Gasteiger partial charge in [-0.05, 0) is 47.2 Å². The van der Waals surface area contributed by atoms with Crippen LogP contribution in [0, 0.1) is 0 Å². The summed E-state index contributed by atoms with van der Waals surface area (Å²) in [6.07, 6.45) is -0.0705. The minimum atomic E-state index is -3.43. The fraction of sp³-hybridized carbons (Fsp3) is 0.118. The van der Waals surface area contributed by atoms with E-state index in [2.05, 4.69) is 5.32 Å². The van der Waals surface area contributed by atoms with Gasteiger partial charge >= 0.3 is 0 Å². The number of benzene rings is 2. The topological polar surface area (TPSA) is 63.2 Å². The zero-order chi connectivity index (χ0) is 16.3. The van der Waals surface area contributed by atoms with Crippen LogP contribution >= 0.6 is 11.3 Å². The Morgan fingerprint density at radius 2 is 1.83 bits per heavy atom. The zero-order valence-electron chi connectivity index (χ0n) is 12.2. The minimum absolute atomic E-state index is 0.0705. The van der Waals surface area contributed by atoms with Crippen LogP contribution in [0.25, 0.3) is 10.1 Å². The highest BCUT2D eigenvalue weighted by Gasteiger charge is 2.16. The van der Waals surface area contributed by atoms with Gasteiger partial charge in [0.15, 0.2) is 9.84 Å². The van der Waals surface area contributed by atoms with Gasteiger partial charge in [0.1, 0.15) is 0 Å². The van der Waals surface area contributed by atoms with Gasteiger partial charge in [0.05, 0.1) is 10.6 Å². The Balaban J connectivity index is 1.63. The monoisotopic (exact) mass is 345 g/mol. The molecule has 0 aliphatic heterocycles. The van der Waals surface area contributed by atoms with Gasteiger partial charge in [-0.25, -0.2) is 8.42 Å². The fourth-order valence-electron chi connectivity index (χ4n) is 2.24. The van der Waals surface area contributed by atoms with Crippen molar-refractivity contribution in [1.82, 2.24) is 0 Å². The molecule has 0 atom stereocenters. The van der Waals surface area contributed by atoms with E-state index in [1.54, 1.807) is 29.5 Å². The second-order valence-corrected chi connectivity index (χ2v) is 8.16. The number of fused-ring (bicyclic) bond motifs is 1. The summed E-state index contributed by atoms with van der Waals surface area (Å²) in [6.45, 7) is 0. The van der Waals surface area contributed by atoms with Crippen molar-refractivity contribution in [3.8, 4) is 0 Å². The third-order valence-electron chi connectivity index (χ3n) is 3.44. The molecule has 1 amide bonds. The molecule has 1 heterocycles. The van der Waals surface area contributed by atoms with E-state index in [4.69, 9.17) is 0 Å². The number of carbonyl (C=O) groups is 1. The first kappa shape index (κ1) is 15.7. The molecule has 2 aromatic carbocycles. The Labute approximate surface area is 138 Å². The number of amides is 1. The fourth-order valence-corrected chi connectivity index (χ4v) is 4.27. The molecule has 1 aromatic heterocycles. The Kier molecular flexibility index (Phi) is 4.45. The van der Waals surface area contributed by atoms with E-state index in [0.717, 1.165) is 10.1 Å². The van der Waals surface area contributed by atoms with Crippen molar-refractivity contribution in [2.75, 3.05) is 11.1 Å². The second kappa shape index (κ2) is 6.52. The van der Waals surface area contributed by atoms with E-state index >= 15 is 0 Å². The van der Waals surface area contributed by atoms with Crippen molar-refractivity contribution in [1.29, 1.82) is 0 Å². The van der Waals surface area contributed by atoms with Crippen LogP contribution in [-0.4, -0.2) is 20.1 Å². The molecule has 3 rings (SSSR count). The zero-order valence-corrected chi connectivity index (χ0v) is 13.9. The second-order valence-electron chi connectivity index (χ2n) is 5.10. The van der Waals surface area contributed by atoms with Gasteiger partial charge in [-0.2, -0.15) is 0 Å². The Bertz CT molecular complexity index is 931. The quantitative estimate of drug-likeness (QED) is 0.767. The lowest BCUT2D eigenvalue weighted by Crippen LogP contribution is -2.17. The highest BCUT2D eigenvalue weighted by Crippen LogP contribution is 2.24. The number of nitrogens with one attached hydrogen (secondary N) is 1. The third-order valence-corrected chi connectivity index (χ3v) is 6.07. The number of thiophene rings is 1. The van der Waals surface area contributed by atoms with Gasteiger partial charge in [0, 0.05) is 16.8 Å². The van der Waals surface area contributed by atoms with Crippen molar-refractivity contribution in [2.45, 2.75) is 11.3 Å². The Hall–Kier alpha value is -2.18. The normalized spacial score (nSPS) is 11.5. The molecule has 118 valence electrons. The number of sulfone groups is 1. The van der Waals surface area contributed by atoms with Crippen molar-refractivity contribution in [3.05, 3.63) is 60.0 Å². The van der Waals surface area contributed by atoms with Gasteiger partial charge in [0.25, 0.3) is 0 Å². The summed E-state index contributed by atoms with van der Waals surface area (Å²) in [5.74, 6) is -0.511. The molecule has 0 unspecified atom stereocenters. The van der Waals surface area contributed by atoms with E-state index < -0.39 is 9.84 Å². The van der Waals surface area contributed by atoms with E-state index in [1.165, 1.54) is 12.1 Å². The van der Waals surface area contributed by atoms with Gasteiger partial charge < -0.3 is 5.32 Å². The largest absolute Gasteiger partial charge is 0.326 e. The molecule has 0 aliphatic rings. The van der Waals surface area contributed by atoms with Gasteiger partial charge in [0.2, 0.25) is 5.91 Å². The van der Waals surface area contributed by atoms with Gasteiger partial charge in [-0.1, -0.05) is 18.2 Å². The summed E-state index contributed by atoms with van der Waals surface area (Å²) in [5, 5.41) is 5.80. The first-order chi connectivity index (χ1) is 11.0. The van der Waals surface area contributed by atoms with Crippen LogP contribution in [0.2, 0.25) is 0 Å². The number of anilines is 1. The molecule has 0 fully saturated rings. The number of carbonyl (C=O) groups excluding carboxylic acids is 1. The highest BCUT2D eigenvalue weighted by atomic mass is 32.2. The average Bonchev–Trinajstić information content (AvgIpc) is 3.02. The Morgan fingerprint density at radius 1 is 1.04 bits per heavy atom. The van der Waals surface area contributed by atoms with Crippen LogP contribution in [0.15, 0.2) is 64.9 Å². The molecule has 0 radical (unpaired) electrons. The van der Waals surface area contributed by atoms with Crippen molar-refractivity contribution >= 4 is 42.9 Å². The van der Waals surface area contributed by atoms with Gasteiger partial charge in [-0.15, -0.1) is 11.3 Å². The molecule has 1 N–H and O–H groups in total. The molecule has 6 heteroatoms. The molecular weight excluding hydrogens is 330 g/mol. The first-order valence-corrected chi connectivity index (χ1v) is 9.63. The van der Waals surface area contributed by atoms with Gasteiger partial charge in [-0.3, -0.25) is 4.79 Å². The first-order valence-electron chi connectivity index (χ1n) is 7.09. The maximum Gasteiger partial charge on any atom is 0.225 e. The SMILES string of the molecule is O=C(CCS(=O)(=O)c1ccccc1)Nc1ccc2sccc2c1. The summed E-state index contributed by atoms with van der Waals surface area (Å²) < 4.78 is 25.4. The standard InChI is InChI=1S/C17H15NO3S2/c19-17(9-11-23(20,21)15-4-2-1-3-5-15)18-14-6-7-16-13(12-14)8-10-22-16/h1-8,10,12H,9,11H2,(H,18,19). The van der Waals surface area contributed by atoms with Crippen molar-refractivity contribution < 1.29 is 13.2 Å². The summed E-state index contributed by atoms with van der Waals surface area (Å²) in [6, 6.07) is 15.8. The molecule has 0 spiro atoms. The number of hydrogen-bond acceptors (Lipinski definition) is 4. The smallest absolute Gasteiger partial charge is 0.225 e. The average molecular weight is 345 g/mol. The van der Waals surface area contributed by atoms with Crippen LogP contribution in [-0.2, 0) is 14.6 Å². The maximum absolute atomic E-state index is 12.2. The van der Waals surface area contributed by atoms with Crippen molar-refractivity contribution in [3.63, 3.8) is 0 Å². The lowest BCUT2D eigenvalue weighted by atomic mass is 10.2. The highest BCUT2D eigenvalue weighted by molar-refractivity contribution is 7.91. The van der Waals surface area contributed by atoms with Crippen molar-refractivity contribution in [2.24, 2.45) is 0 Å². The van der Waals surface area contributed by atoms with Crippen LogP contribution in [0.1, 0.15) is 6.42 Å². The number of hydrogen-bond donors (Lipinski definition) is 1. The van der Waals surface area contributed by atoms with Crippen LogP contribution in [0.5, 0.6) is 0 Å². The Morgan fingerprint density at radius 3 is 2.61 bits per heavy atom. The molecule has 4 nitrogen and oxygen atoms in total. The van der Waals surface area contributed by atoms with E-state index in [1.807, 2.05) is 29.6 Å². The van der Waals surface area contributed by atoms with E-state index in [-0.39, 0.29) is 23.0 Å². The summed E-state index contributed by atoms with van der Waals surface area (Å²) >= 11 is 1.63. The van der Waals surface area contributed by atoms with E-state index in [9.17, 15) is 13.2 Å². The van der Waals surface area contributed by atoms with E-state index in [0.29, 0.717) is 5.69 Å². The maximum atomic E-state index is 12.2. The molecule has 0 aliphatic carbocycles. The predicted molar refractivity (Wildman–Crippen MR) is 93.6 cm³/mol.